The molecule has 3 heterocycles. The quantitative estimate of drug-likeness (QED) is 0.591. The molecule has 8 nitrogen and oxygen atoms in total. The van der Waals surface area contributed by atoms with Gasteiger partial charge in [-0.05, 0) is 48.2 Å². The Hall–Kier alpha value is -3.65. The van der Waals surface area contributed by atoms with E-state index in [0.29, 0.717) is 34.3 Å². The van der Waals surface area contributed by atoms with Gasteiger partial charge in [0.05, 0.1) is 19.8 Å². The van der Waals surface area contributed by atoms with Crippen LogP contribution >= 0.6 is 0 Å². The molecule has 0 aromatic heterocycles. The zero-order valence-electron chi connectivity index (χ0n) is 18.4. The van der Waals surface area contributed by atoms with E-state index in [1.807, 2.05) is 30.3 Å². The van der Waals surface area contributed by atoms with Crippen LogP contribution in [0, 0.1) is 0 Å². The second-order valence-electron chi connectivity index (χ2n) is 8.19. The Labute approximate surface area is 190 Å². The Balaban J connectivity index is 1.67. The first-order chi connectivity index (χ1) is 16.2. The predicted molar refractivity (Wildman–Crippen MR) is 120 cm³/mol. The summed E-state index contributed by atoms with van der Waals surface area (Å²) in [4.78, 5) is 13.0. The van der Waals surface area contributed by atoms with Crippen LogP contribution in [0.1, 0.15) is 22.3 Å². The van der Waals surface area contributed by atoms with E-state index in [2.05, 4.69) is 5.32 Å². The summed E-state index contributed by atoms with van der Waals surface area (Å²) in [6.07, 6.45) is 0.903. The molecule has 1 atom stereocenters. The Morgan fingerprint density at radius 3 is 2.48 bits per heavy atom. The highest BCUT2D eigenvalue weighted by atomic mass is 16.7. The third-order valence-electron chi connectivity index (χ3n) is 6.38. The molecule has 3 aromatic rings. The molecule has 3 aliphatic rings. The van der Waals surface area contributed by atoms with Crippen molar-refractivity contribution in [3.05, 3.63) is 41.5 Å². The number of cyclic esters (lactones) is 1. The third kappa shape index (κ3) is 3.13. The summed E-state index contributed by atoms with van der Waals surface area (Å²) in [7, 11) is 3.19. The molecule has 0 bridgehead atoms. The molecule has 6 rings (SSSR count). The van der Waals surface area contributed by atoms with E-state index < -0.39 is 0 Å². The number of rotatable bonds is 5. The number of fused-ring (bicyclic) bond motifs is 3. The van der Waals surface area contributed by atoms with Crippen molar-refractivity contribution >= 4 is 16.7 Å². The average molecular weight is 449 g/mol. The molecule has 3 aromatic carbocycles. The van der Waals surface area contributed by atoms with Crippen molar-refractivity contribution in [2.45, 2.75) is 19.1 Å². The maximum Gasteiger partial charge on any atom is 0.339 e. The second-order valence-corrected chi connectivity index (χ2v) is 8.19. The van der Waals surface area contributed by atoms with Gasteiger partial charge in [0.15, 0.2) is 23.0 Å². The van der Waals surface area contributed by atoms with Crippen LogP contribution in [0.3, 0.4) is 0 Å². The van der Waals surface area contributed by atoms with Crippen LogP contribution < -0.4 is 29.0 Å². The number of hydrogen-bond donors (Lipinski definition) is 1. The molecule has 0 saturated carbocycles. The second kappa shape index (κ2) is 7.74. The molecule has 0 aliphatic carbocycles. The Bertz CT molecular complexity index is 1280. The van der Waals surface area contributed by atoms with Crippen molar-refractivity contribution in [3.8, 4) is 39.9 Å². The van der Waals surface area contributed by atoms with E-state index >= 15 is 0 Å². The monoisotopic (exact) mass is 449 g/mol. The number of hydrogen-bond acceptors (Lipinski definition) is 8. The van der Waals surface area contributed by atoms with Crippen LogP contribution in [0.25, 0.3) is 21.9 Å². The van der Waals surface area contributed by atoms with Crippen LogP contribution in [-0.2, 0) is 11.3 Å². The van der Waals surface area contributed by atoms with E-state index in [-0.39, 0.29) is 25.5 Å². The van der Waals surface area contributed by atoms with Gasteiger partial charge in [-0.1, -0.05) is 6.07 Å². The van der Waals surface area contributed by atoms with E-state index in [1.165, 1.54) is 0 Å². The van der Waals surface area contributed by atoms with Gasteiger partial charge in [-0.25, -0.2) is 4.79 Å². The molecule has 1 N–H and O–H groups in total. The third-order valence-corrected chi connectivity index (χ3v) is 6.38. The molecule has 1 saturated heterocycles. The number of carbonyl (C=O) groups excluding carboxylic acids is 1. The number of benzene rings is 3. The first kappa shape index (κ1) is 20.0. The number of nitrogens with one attached hydrogen (secondary N) is 1. The van der Waals surface area contributed by atoms with Crippen molar-refractivity contribution in [3.63, 3.8) is 0 Å². The zero-order chi connectivity index (χ0) is 22.5. The molecule has 0 radical (unpaired) electrons. The molecule has 8 heteroatoms. The summed E-state index contributed by atoms with van der Waals surface area (Å²) in [6.45, 7) is 1.98. The summed E-state index contributed by atoms with van der Waals surface area (Å²) in [5.41, 5.74) is 2.83. The van der Waals surface area contributed by atoms with Gasteiger partial charge in [-0.2, -0.15) is 0 Å². The summed E-state index contributed by atoms with van der Waals surface area (Å²) in [5.74, 6) is 2.75. The molecular weight excluding hydrogens is 426 g/mol. The fraction of sp³-hybridized carbons (Fsp3) is 0.320. The molecule has 3 aliphatic heterocycles. The number of ether oxygens (including phenoxy) is 6. The highest BCUT2D eigenvalue weighted by molar-refractivity contribution is 6.14. The summed E-state index contributed by atoms with van der Waals surface area (Å²) in [5, 5.41) is 4.97. The standard InChI is InChI=1S/C25H23NO7/c1-28-19-8-15-16(9-20(19)29-2)24(33-14-5-6-26-10-14)17-11-30-25(27)23(17)22(15)13-3-4-18-21(7-13)32-12-31-18/h3-4,7-9,14,26H,5-6,10-12H2,1-2H3. The first-order valence-corrected chi connectivity index (χ1v) is 10.9. The Morgan fingerprint density at radius 2 is 1.73 bits per heavy atom. The molecule has 0 amide bonds. The van der Waals surface area contributed by atoms with Crippen LogP contribution in [0.4, 0.5) is 0 Å². The van der Waals surface area contributed by atoms with Crippen molar-refractivity contribution < 1.29 is 33.2 Å². The lowest BCUT2D eigenvalue weighted by Gasteiger charge is -2.21. The van der Waals surface area contributed by atoms with Gasteiger partial charge in [0.1, 0.15) is 18.5 Å². The maximum atomic E-state index is 13.0. The molecular formula is C25H23NO7. The van der Waals surface area contributed by atoms with Gasteiger partial charge in [-0.3, -0.25) is 0 Å². The van der Waals surface area contributed by atoms with Crippen LogP contribution in [-0.4, -0.2) is 46.2 Å². The Morgan fingerprint density at radius 1 is 0.939 bits per heavy atom. The SMILES string of the molecule is COc1cc2c(OC3CCNC3)c3c(c(-c4ccc5c(c4)OCO5)c2cc1OC)C(=O)OC3. The highest BCUT2D eigenvalue weighted by Crippen LogP contribution is 2.49. The largest absolute Gasteiger partial charge is 0.493 e. The molecule has 1 fully saturated rings. The summed E-state index contributed by atoms with van der Waals surface area (Å²) in [6, 6.07) is 9.46. The van der Waals surface area contributed by atoms with Gasteiger partial charge in [-0.15, -0.1) is 0 Å². The van der Waals surface area contributed by atoms with E-state index in [1.54, 1.807) is 14.2 Å². The van der Waals surface area contributed by atoms with Crippen molar-refractivity contribution in [1.29, 1.82) is 0 Å². The van der Waals surface area contributed by atoms with Crippen LogP contribution in [0.2, 0.25) is 0 Å². The van der Waals surface area contributed by atoms with Gasteiger partial charge in [0, 0.05) is 23.1 Å². The van der Waals surface area contributed by atoms with Gasteiger partial charge in [0.2, 0.25) is 6.79 Å². The van der Waals surface area contributed by atoms with Crippen molar-refractivity contribution in [2.24, 2.45) is 0 Å². The maximum absolute atomic E-state index is 13.0. The molecule has 1 unspecified atom stereocenters. The number of methoxy groups -OCH3 is 2. The van der Waals surface area contributed by atoms with Gasteiger partial charge >= 0.3 is 5.97 Å². The Kier molecular flexibility index (Phi) is 4.69. The zero-order valence-corrected chi connectivity index (χ0v) is 18.4. The highest BCUT2D eigenvalue weighted by Gasteiger charge is 2.34. The topological polar surface area (TPSA) is 84.5 Å². The van der Waals surface area contributed by atoms with Crippen LogP contribution in [0.15, 0.2) is 30.3 Å². The smallest absolute Gasteiger partial charge is 0.339 e. The molecule has 33 heavy (non-hydrogen) atoms. The molecule has 0 spiro atoms. The minimum atomic E-state index is -0.372. The van der Waals surface area contributed by atoms with Crippen molar-refractivity contribution in [1.82, 2.24) is 5.32 Å². The lowest BCUT2D eigenvalue weighted by Crippen LogP contribution is -2.20. The summed E-state index contributed by atoms with van der Waals surface area (Å²) >= 11 is 0. The lowest BCUT2D eigenvalue weighted by atomic mass is 9.89. The lowest BCUT2D eigenvalue weighted by molar-refractivity contribution is 0.0534. The van der Waals surface area contributed by atoms with E-state index in [9.17, 15) is 4.79 Å². The van der Waals surface area contributed by atoms with Crippen molar-refractivity contribution in [2.75, 3.05) is 34.1 Å². The van der Waals surface area contributed by atoms with Crippen LogP contribution in [0.5, 0.6) is 28.7 Å². The number of carbonyl (C=O) groups is 1. The van der Waals surface area contributed by atoms with Gasteiger partial charge < -0.3 is 33.7 Å². The number of esters is 1. The predicted octanol–water partition coefficient (Wildman–Crippen LogP) is 3.66. The fourth-order valence-electron chi connectivity index (χ4n) is 4.79. The fourth-order valence-corrected chi connectivity index (χ4v) is 4.79. The average Bonchev–Trinajstić information content (AvgIpc) is 3.59. The van der Waals surface area contributed by atoms with Gasteiger partial charge in [0.25, 0.3) is 0 Å². The normalized spacial score (nSPS) is 18.4. The van der Waals surface area contributed by atoms with E-state index in [4.69, 9.17) is 28.4 Å². The summed E-state index contributed by atoms with van der Waals surface area (Å²) < 4.78 is 34.2. The van der Waals surface area contributed by atoms with E-state index in [0.717, 1.165) is 47.0 Å². The molecule has 170 valence electrons. The first-order valence-electron chi connectivity index (χ1n) is 10.9. The minimum absolute atomic E-state index is 0.0116. The minimum Gasteiger partial charge on any atom is -0.493 e.